The van der Waals surface area contributed by atoms with Gasteiger partial charge in [0.25, 0.3) is 0 Å². The van der Waals surface area contributed by atoms with E-state index in [-0.39, 0.29) is 11.6 Å². The summed E-state index contributed by atoms with van der Waals surface area (Å²) >= 11 is 2.93. The van der Waals surface area contributed by atoms with Gasteiger partial charge in [0.1, 0.15) is 15.7 Å². The number of rotatable bonds is 4. The number of nitrogens with one attached hydrogen (secondary N) is 1. The molecular formula is C18H17F2N3OS2. The van der Waals surface area contributed by atoms with E-state index in [0.717, 1.165) is 32.9 Å². The zero-order valence-electron chi connectivity index (χ0n) is 14.7. The van der Waals surface area contributed by atoms with Crippen molar-refractivity contribution in [3.63, 3.8) is 0 Å². The van der Waals surface area contributed by atoms with Crippen molar-refractivity contribution >= 4 is 44.9 Å². The number of fused-ring (bicyclic) bond motifs is 1. The molecule has 0 saturated heterocycles. The average Bonchev–Trinajstić information content (AvgIpc) is 2.85. The number of aryl methyl sites for hydroxylation is 3. The Bertz CT molecular complexity index is 1000. The van der Waals surface area contributed by atoms with E-state index in [0.29, 0.717) is 5.82 Å². The van der Waals surface area contributed by atoms with Crippen molar-refractivity contribution < 1.29 is 13.6 Å². The van der Waals surface area contributed by atoms with E-state index < -0.39 is 16.9 Å². The first kappa shape index (κ1) is 18.7. The van der Waals surface area contributed by atoms with Gasteiger partial charge in [0.05, 0.1) is 5.25 Å². The topological polar surface area (TPSA) is 54.9 Å². The Hall–Kier alpha value is -2.06. The number of thioether (sulfide) groups is 1. The number of thiophene rings is 1. The molecule has 1 amide bonds. The summed E-state index contributed by atoms with van der Waals surface area (Å²) in [4.78, 5) is 23.5. The molecule has 0 spiro atoms. The molecule has 2 aromatic heterocycles. The molecule has 136 valence electrons. The number of anilines is 1. The number of aromatic nitrogens is 2. The molecule has 1 atom stereocenters. The maximum atomic E-state index is 13.3. The fourth-order valence-corrected chi connectivity index (χ4v) is 4.63. The summed E-state index contributed by atoms with van der Waals surface area (Å²) in [6.45, 7) is 7.62. The standard InChI is InChI=1S/C18H17F2N3OS2/c1-8-9(2)25-17-15(8)18(22-11(4)21-17)26-10(3)16(24)23-12-5-6-13(19)14(20)7-12/h5-7,10H,1-4H3,(H,23,24)/t10-/m0/s1. The van der Waals surface area contributed by atoms with E-state index in [1.165, 1.54) is 22.7 Å². The van der Waals surface area contributed by atoms with Gasteiger partial charge in [-0.25, -0.2) is 18.7 Å². The Labute approximate surface area is 158 Å². The fraction of sp³-hybridized carbons (Fsp3) is 0.278. The molecule has 26 heavy (non-hydrogen) atoms. The number of hydrogen-bond donors (Lipinski definition) is 1. The Morgan fingerprint density at radius 2 is 1.92 bits per heavy atom. The highest BCUT2D eigenvalue weighted by molar-refractivity contribution is 8.00. The van der Waals surface area contributed by atoms with Gasteiger partial charge in [0.2, 0.25) is 5.91 Å². The van der Waals surface area contributed by atoms with Crippen LogP contribution in [0.25, 0.3) is 10.2 Å². The van der Waals surface area contributed by atoms with Gasteiger partial charge in [-0.1, -0.05) is 11.8 Å². The summed E-state index contributed by atoms with van der Waals surface area (Å²) in [5.74, 6) is -1.61. The van der Waals surface area contributed by atoms with Crippen molar-refractivity contribution in [2.45, 2.75) is 38.0 Å². The third-order valence-corrected chi connectivity index (χ3v) is 6.14. The maximum Gasteiger partial charge on any atom is 0.237 e. The van der Waals surface area contributed by atoms with E-state index in [4.69, 9.17) is 0 Å². The minimum absolute atomic E-state index is 0.216. The molecule has 4 nitrogen and oxygen atoms in total. The van der Waals surface area contributed by atoms with E-state index in [1.54, 1.807) is 18.3 Å². The molecule has 0 aliphatic heterocycles. The Morgan fingerprint density at radius 3 is 2.62 bits per heavy atom. The van der Waals surface area contributed by atoms with Crippen LogP contribution in [0.4, 0.5) is 14.5 Å². The molecule has 3 aromatic rings. The van der Waals surface area contributed by atoms with Crippen LogP contribution in [0.2, 0.25) is 0 Å². The van der Waals surface area contributed by atoms with Crippen LogP contribution >= 0.6 is 23.1 Å². The first-order valence-corrected chi connectivity index (χ1v) is 9.62. The van der Waals surface area contributed by atoms with Crippen molar-refractivity contribution in [3.8, 4) is 0 Å². The lowest BCUT2D eigenvalue weighted by Crippen LogP contribution is -2.22. The zero-order chi connectivity index (χ0) is 19.0. The molecule has 0 radical (unpaired) electrons. The van der Waals surface area contributed by atoms with Gasteiger partial charge in [0.15, 0.2) is 11.6 Å². The van der Waals surface area contributed by atoms with Gasteiger partial charge in [-0.15, -0.1) is 11.3 Å². The van der Waals surface area contributed by atoms with Gasteiger partial charge < -0.3 is 5.32 Å². The molecule has 0 aliphatic carbocycles. The maximum absolute atomic E-state index is 13.3. The minimum atomic E-state index is -0.999. The number of carbonyl (C=O) groups is 1. The molecule has 0 aliphatic rings. The third kappa shape index (κ3) is 3.71. The van der Waals surface area contributed by atoms with Gasteiger partial charge in [0, 0.05) is 22.0 Å². The van der Waals surface area contributed by atoms with Crippen LogP contribution in [0.5, 0.6) is 0 Å². The van der Waals surface area contributed by atoms with Crippen molar-refractivity contribution in [2.75, 3.05) is 5.32 Å². The monoisotopic (exact) mass is 393 g/mol. The quantitative estimate of drug-likeness (QED) is 0.500. The predicted molar refractivity (Wildman–Crippen MR) is 102 cm³/mol. The van der Waals surface area contributed by atoms with Crippen LogP contribution in [-0.2, 0) is 4.79 Å². The summed E-state index contributed by atoms with van der Waals surface area (Å²) < 4.78 is 26.3. The number of nitrogens with zero attached hydrogens (tertiary/aromatic N) is 2. The third-order valence-electron chi connectivity index (χ3n) is 3.95. The molecule has 0 bridgehead atoms. The van der Waals surface area contributed by atoms with Crippen LogP contribution in [0.3, 0.4) is 0 Å². The lowest BCUT2D eigenvalue weighted by molar-refractivity contribution is -0.115. The molecule has 0 fully saturated rings. The second-order valence-corrected chi connectivity index (χ2v) is 8.45. The highest BCUT2D eigenvalue weighted by Gasteiger charge is 2.20. The predicted octanol–water partition coefficient (Wildman–Crippen LogP) is 5.01. The number of halogens is 2. The van der Waals surface area contributed by atoms with Crippen molar-refractivity contribution in [3.05, 3.63) is 46.1 Å². The highest BCUT2D eigenvalue weighted by atomic mass is 32.2. The van der Waals surface area contributed by atoms with E-state index in [2.05, 4.69) is 15.3 Å². The minimum Gasteiger partial charge on any atom is -0.325 e. The van der Waals surface area contributed by atoms with Gasteiger partial charge in [-0.05, 0) is 45.4 Å². The molecule has 0 unspecified atom stereocenters. The Balaban J connectivity index is 1.83. The summed E-state index contributed by atoms with van der Waals surface area (Å²) in [7, 11) is 0. The Kier molecular flexibility index (Phi) is 5.24. The molecule has 8 heteroatoms. The molecule has 1 aromatic carbocycles. The van der Waals surface area contributed by atoms with Crippen LogP contribution < -0.4 is 5.32 Å². The van der Waals surface area contributed by atoms with Crippen LogP contribution in [0.15, 0.2) is 23.2 Å². The van der Waals surface area contributed by atoms with Crippen molar-refractivity contribution in [1.29, 1.82) is 0 Å². The van der Waals surface area contributed by atoms with Gasteiger partial charge in [-0.3, -0.25) is 4.79 Å². The summed E-state index contributed by atoms with van der Waals surface area (Å²) in [6, 6.07) is 3.27. The molecule has 1 N–H and O–H groups in total. The van der Waals surface area contributed by atoms with Crippen LogP contribution in [0.1, 0.15) is 23.2 Å². The van der Waals surface area contributed by atoms with Crippen LogP contribution in [0, 0.1) is 32.4 Å². The van der Waals surface area contributed by atoms with Crippen LogP contribution in [-0.4, -0.2) is 21.1 Å². The van der Waals surface area contributed by atoms with E-state index in [9.17, 15) is 13.6 Å². The summed E-state index contributed by atoms with van der Waals surface area (Å²) in [5.41, 5.74) is 1.33. The van der Waals surface area contributed by atoms with Gasteiger partial charge >= 0.3 is 0 Å². The normalized spacial score (nSPS) is 12.4. The zero-order valence-corrected chi connectivity index (χ0v) is 16.3. The smallest absolute Gasteiger partial charge is 0.237 e. The second kappa shape index (κ2) is 7.28. The van der Waals surface area contributed by atoms with E-state index in [1.807, 2.05) is 20.8 Å². The SMILES string of the molecule is Cc1nc(S[C@@H](C)C(=O)Nc2ccc(F)c(F)c2)c2c(C)c(C)sc2n1. The van der Waals surface area contributed by atoms with E-state index >= 15 is 0 Å². The Morgan fingerprint density at radius 1 is 1.19 bits per heavy atom. The lowest BCUT2D eigenvalue weighted by atomic mass is 10.2. The largest absolute Gasteiger partial charge is 0.325 e. The van der Waals surface area contributed by atoms with Crippen molar-refractivity contribution in [2.24, 2.45) is 0 Å². The van der Waals surface area contributed by atoms with Gasteiger partial charge in [-0.2, -0.15) is 0 Å². The number of benzene rings is 1. The first-order valence-electron chi connectivity index (χ1n) is 7.93. The highest BCUT2D eigenvalue weighted by Crippen LogP contribution is 2.36. The number of carbonyl (C=O) groups excluding carboxylic acids is 1. The number of amides is 1. The number of hydrogen-bond acceptors (Lipinski definition) is 5. The molecule has 2 heterocycles. The molecule has 3 rings (SSSR count). The van der Waals surface area contributed by atoms with Crippen molar-refractivity contribution in [1.82, 2.24) is 9.97 Å². The molecule has 0 saturated carbocycles. The molecular weight excluding hydrogens is 376 g/mol. The average molecular weight is 393 g/mol. The fourth-order valence-electron chi connectivity index (χ4n) is 2.44. The lowest BCUT2D eigenvalue weighted by Gasteiger charge is -2.13. The summed E-state index contributed by atoms with van der Waals surface area (Å²) in [6.07, 6.45) is 0. The summed E-state index contributed by atoms with van der Waals surface area (Å²) in [5, 5.41) is 3.85. The second-order valence-electron chi connectivity index (χ2n) is 5.92. The first-order chi connectivity index (χ1) is 12.3.